The van der Waals surface area contributed by atoms with Gasteiger partial charge in [0, 0.05) is 110 Å². The van der Waals surface area contributed by atoms with Crippen LogP contribution in [0.4, 0.5) is 26.3 Å². The largest absolute Gasteiger partial charge is 0.264 e. The Kier molecular flexibility index (Phi) is 50.7. The SMILES string of the molecule is C.C.C=S(C)(=O)c1ccc(C)c(C)c1.C=S(C)(=O)c1ccc(C)c(F)c1.C=S(C)(=O)c1ccc(C)cc1.C=S(C)(=O)c1ccc(C)cc1F.C=S(C)(=O)c1ccc(C)cn1.Cc1cc(F)c(C)cc1F.Cc1cc(S(C)(=O)=O)cnc1C.Cc1ccc(C)c(F)c1.Cc1ccc(C)c(F)c1.Cc1ccc(C)cc1.Cc1ccc(S(C)(=O)=O)cn1.Cc1cccnc1. The fourth-order valence-electron chi connectivity index (χ4n) is 9.04. The number of halogens is 6. The molecule has 8 aromatic carbocycles. The number of aromatic nitrogens is 4. The summed E-state index contributed by atoms with van der Waals surface area (Å²) in [4.78, 5) is 18.6. The summed E-state index contributed by atoms with van der Waals surface area (Å²) in [5, 5.41) is 0.572. The van der Waals surface area contributed by atoms with Crippen molar-refractivity contribution in [2.45, 2.75) is 174 Å². The van der Waals surface area contributed by atoms with E-state index in [1.54, 1.807) is 113 Å². The molecule has 0 amide bonds. The van der Waals surface area contributed by atoms with Gasteiger partial charge in [0.1, 0.15) is 39.9 Å². The molecule has 5 unspecified atom stereocenters. The lowest BCUT2D eigenvalue weighted by molar-refractivity contribution is 0.585. The molecule has 12 aromatic rings. The van der Waals surface area contributed by atoms with Crippen LogP contribution in [0.25, 0.3) is 0 Å². The summed E-state index contributed by atoms with van der Waals surface area (Å²) < 4.78 is 177. The summed E-state index contributed by atoms with van der Waals surface area (Å²) in [5.41, 5.74) is 16.5. The van der Waals surface area contributed by atoms with Gasteiger partial charge in [-0.05, 0) is 368 Å². The lowest BCUT2D eigenvalue weighted by Gasteiger charge is -2.05. The Labute approximate surface area is 753 Å². The van der Waals surface area contributed by atoms with Gasteiger partial charge in [-0.1, -0.05) is 123 Å². The average Bonchev–Trinajstić information content (AvgIpc) is 0.788. The molecule has 126 heavy (non-hydrogen) atoms. The van der Waals surface area contributed by atoms with E-state index < -0.39 is 73.1 Å². The third-order valence-electron chi connectivity index (χ3n) is 17.2. The first-order valence-corrected chi connectivity index (χ1v) is 52.5. The predicted molar refractivity (Wildman–Crippen MR) is 530 cm³/mol. The third kappa shape index (κ3) is 48.0. The highest BCUT2D eigenvalue weighted by molar-refractivity contribution is 8.00. The van der Waals surface area contributed by atoms with Crippen molar-refractivity contribution in [3.63, 3.8) is 0 Å². The zero-order valence-electron chi connectivity index (χ0n) is 76.0. The number of aryl methyl sites for hydroxylation is 18. The molecule has 13 nitrogen and oxygen atoms in total. The second-order valence-corrected chi connectivity index (χ2v) is 46.8. The van der Waals surface area contributed by atoms with Gasteiger partial charge in [0.25, 0.3) is 0 Å². The van der Waals surface area contributed by atoms with Crippen molar-refractivity contribution in [3.8, 4) is 0 Å². The first kappa shape index (κ1) is 118. The highest BCUT2D eigenvalue weighted by Gasteiger charge is 2.12. The standard InChI is InChI=1S/C10H14OS.2C9H11FOS.C9H12OS.C8H8F2.2C8H9F.C8H11NO2S.C8H11NOS.C8H10.C7H9NO2S.C6H7N.2CH4/c1-8-5-6-10(7-9(8)2)12(3,4)11;1-7-4-5-8(6-9(7)10)12(2,3)11;1-7-4-5-9(8(10)6-7)12(2,3)11;1-8-4-6-9(7-5-8)11(2,3)10;1-5-3-8(10)6(2)4-7(5)9;2*1-6-3-4-7(2)8(9)5-6;1-6-4-8(12(3,10)11)5-9-7(6)2;1-7-4-5-8(9-6-7)11(2,3)10;1-7-3-5-8(2)6-4-7;1-6-3-4-7(5-8-6)11(2,9)10;1-6-3-2-4-7-5-6;;/h5-7H,3H2,1-2,4H3;2*4-6H,2H2,1,3H3;4-7H,2H2,1,3H3;3-4H,1-2H3;2*3-5H,1-2H3;4-5H,1-3H3;4-6H,2H2,1,3H3;3-6H,1-2H3;3-5H,1-2H3;2-5H,1H3;2*1H4. The molecule has 0 bridgehead atoms. The zero-order valence-corrected chi connectivity index (χ0v) is 81.7. The monoisotopic (exact) mass is 1870 g/mol. The molecule has 0 aliphatic rings. The average molecular weight is 1870 g/mol. The molecule has 12 rings (SSSR count). The highest BCUT2D eigenvalue weighted by Crippen LogP contribution is 2.20. The predicted octanol–water partition coefficient (Wildman–Crippen LogP) is 22.8. The molecule has 0 fully saturated rings. The number of hydrogen-bond acceptors (Lipinski definition) is 13. The fraction of sp³-hybridized carbons (Fsp3) is 0.270. The molecule has 26 heteroatoms. The Morgan fingerprint density at radius 2 is 0.579 bits per heavy atom. The van der Waals surface area contributed by atoms with E-state index in [4.69, 9.17) is 0 Å². The van der Waals surface area contributed by atoms with E-state index in [0.29, 0.717) is 37.7 Å². The molecule has 4 heterocycles. The minimum atomic E-state index is -3.10. The molecule has 4 aromatic heterocycles. The summed E-state index contributed by atoms with van der Waals surface area (Å²) in [6, 6.07) is 56.4. The maximum atomic E-state index is 13.1. The lowest BCUT2D eigenvalue weighted by Crippen LogP contribution is -2.00. The van der Waals surface area contributed by atoms with Gasteiger partial charge >= 0.3 is 0 Å². The van der Waals surface area contributed by atoms with Crippen LogP contribution in [-0.4, -0.2) is 131 Å². The van der Waals surface area contributed by atoms with Gasteiger partial charge in [0.2, 0.25) is 0 Å². The molecule has 0 N–H and O–H groups in total. The van der Waals surface area contributed by atoms with Crippen LogP contribution in [-0.2, 0) is 67.3 Å². The van der Waals surface area contributed by atoms with E-state index in [0.717, 1.165) is 49.0 Å². The normalized spacial score (nSPS) is 12.6. The van der Waals surface area contributed by atoms with Crippen molar-refractivity contribution in [2.75, 3.05) is 43.8 Å². The van der Waals surface area contributed by atoms with Gasteiger partial charge in [0.15, 0.2) is 19.7 Å². The van der Waals surface area contributed by atoms with Gasteiger partial charge in [-0.15, -0.1) is 0 Å². The number of pyridine rings is 4. The van der Waals surface area contributed by atoms with Gasteiger partial charge in [-0.25, -0.2) is 48.2 Å². The maximum absolute atomic E-state index is 13.1. The third-order valence-corrected chi connectivity index (χ3v) is 25.5. The van der Waals surface area contributed by atoms with Crippen LogP contribution in [0.3, 0.4) is 0 Å². The quantitative estimate of drug-likeness (QED) is 0.108. The first-order valence-electron chi connectivity index (χ1n) is 38.1. The molecule has 0 saturated carbocycles. The maximum Gasteiger partial charge on any atom is 0.177 e. The molecule has 0 saturated heterocycles. The van der Waals surface area contributed by atoms with Crippen LogP contribution in [0, 0.1) is 160 Å². The van der Waals surface area contributed by atoms with Crippen LogP contribution in [0.2, 0.25) is 0 Å². The molecule has 0 aliphatic carbocycles. The van der Waals surface area contributed by atoms with Crippen LogP contribution in [0.1, 0.15) is 115 Å². The van der Waals surface area contributed by atoms with Crippen LogP contribution in [0.15, 0.2) is 260 Å². The second kappa shape index (κ2) is 54.2. The van der Waals surface area contributed by atoms with Crippen molar-refractivity contribution >= 4 is 96.6 Å². The summed E-state index contributed by atoms with van der Waals surface area (Å²) in [6.07, 6.45) is 18.2. The van der Waals surface area contributed by atoms with E-state index in [1.807, 2.05) is 148 Å². The molecular weight excluding hydrogens is 1740 g/mol. The molecule has 688 valence electrons. The fourth-order valence-corrected chi connectivity index (χ4v) is 13.9. The number of rotatable bonds is 7. The molecule has 0 spiro atoms. The molecular formula is C100H130F6N4O9S7. The molecule has 0 aliphatic heterocycles. The lowest BCUT2D eigenvalue weighted by atomic mass is 10.1. The van der Waals surface area contributed by atoms with Crippen molar-refractivity contribution in [1.82, 2.24) is 19.9 Å². The van der Waals surface area contributed by atoms with E-state index in [9.17, 15) is 64.2 Å². The van der Waals surface area contributed by atoms with E-state index >= 15 is 0 Å². The van der Waals surface area contributed by atoms with Crippen molar-refractivity contribution in [3.05, 3.63) is 360 Å². The Morgan fingerprint density at radius 3 is 0.889 bits per heavy atom. The van der Waals surface area contributed by atoms with Crippen molar-refractivity contribution < 1.29 is 64.2 Å². The number of hydrogen-bond donors (Lipinski definition) is 0. The van der Waals surface area contributed by atoms with Crippen LogP contribution >= 0.6 is 0 Å². The number of sulfone groups is 2. The van der Waals surface area contributed by atoms with Crippen molar-refractivity contribution in [1.29, 1.82) is 0 Å². The minimum Gasteiger partial charge on any atom is -0.264 e. The van der Waals surface area contributed by atoms with Gasteiger partial charge in [-0.3, -0.25) is 36.0 Å². The first-order chi connectivity index (χ1) is 56.8. The Hall–Kier alpha value is -10.1. The van der Waals surface area contributed by atoms with Crippen LogP contribution in [0.5, 0.6) is 0 Å². The topological polar surface area (TPSA) is 205 Å². The van der Waals surface area contributed by atoms with Crippen molar-refractivity contribution in [2.24, 2.45) is 0 Å². The summed E-state index contributed by atoms with van der Waals surface area (Å²) >= 11 is 0. The number of nitrogens with zero attached hydrogens (tertiary/aromatic N) is 4. The van der Waals surface area contributed by atoms with Gasteiger partial charge < -0.3 is 0 Å². The molecule has 0 radical (unpaired) electrons. The van der Waals surface area contributed by atoms with Crippen LogP contribution < -0.4 is 0 Å². The Bertz CT molecular complexity index is 5840. The molecule has 5 atom stereocenters. The van der Waals surface area contributed by atoms with E-state index in [2.05, 4.69) is 87.4 Å². The van der Waals surface area contributed by atoms with Gasteiger partial charge in [-0.2, -0.15) is 0 Å². The summed E-state index contributed by atoms with van der Waals surface area (Å²) in [7, 11) is -17.1. The Balaban J connectivity index is 0. The van der Waals surface area contributed by atoms with E-state index in [1.165, 1.54) is 127 Å². The second-order valence-electron chi connectivity index (χ2n) is 30.4. The smallest absolute Gasteiger partial charge is 0.177 e. The summed E-state index contributed by atoms with van der Waals surface area (Å²) in [5.74, 6) is 16.0. The Morgan fingerprint density at radius 1 is 0.246 bits per heavy atom. The minimum absolute atomic E-state index is 0. The zero-order chi connectivity index (χ0) is 95.4. The number of benzene rings is 8. The van der Waals surface area contributed by atoms with Gasteiger partial charge in [0.05, 0.1) is 14.7 Å². The van der Waals surface area contributed by atoms with E-state index in [-0.39, 0.29) is 58.6 Å². The summed E-state index contributed by atoms with van der Waals surface area (Å²) in [6.45, 7) is 33.5. The highest BCUT2D eigenvalue weighted by atomic mass is 32.2.